The third-order valence-electron chi connectivity index (χ3n) is 13.0. The lowest BCUT2D eigenvalue weighted by Crippen LogP contribution is -2.59. The van der Waals surface area contributed by atoms with Gasteiger partial charge < -0.3 is 39.4 Å². The predicted molar refractivity (Wildman–Crippen MR) is 257 cm³/mol. The van der Waals surface area contributed by atoms with Crippen molar-refractivity contribution in [3.05, 3.63) is 0 Å². The summed E-state index contributed by atoms with van der Waals surface area (Å²) < 4.78 is 22.3. The lowest BCUT2D eigenvalue weighted by Gasteiger charge is -2.39. The van der Waals surface area contributed by atoms with Crippen LogP contribution in [0.4, 0.5) is 0 Å². The number of aliphatic hydroxyl groups is 4. The molecule has 63 heavy (non-hydrogen) atoms. The molecule has 6 atom stereocenters. The third-order valence-corrected chi connectivity index (χ3v) is 13.0. The number of ether oxygens (including phenoxy) is 4. The summed E-state index contributed by atoms with van der Waals surface area (Å²) in [4.78, 5) is 25.5. The van der Waals surface area contributed by atoms with E-state index in [-0.39, 0.29) is 32.0 Å². The van der Waals surface area contributed by atoms with Crippen molar-refractivity contribution in [2.75, 3.05) is 19.8 Å². The minimum absolute atomic E-state index is 0.208. The molecule has 0 aromatic heterocycles. The van der Waals surface area contributed by atoms with E-state index in [4.69, 9.17) is 18.9 Å². The van der Waals surface area contributed by atoms with Gasteiger partial charge in [-0.3, -0.25) is 9.59 Å². The molecule has 1 aliphatic heterocycles. The second-order valence-corrected chi connectivity index (χ2v) is 19.1. The predicted octanol–water partition coefficient (Wildman–Crippen LogP) is 12.9. The molecule has 1 fully saturated rings. The van der Waals surface area contributed by atoms with Crippen LogP contribution in [-0.4, -0.2) is 89.0 Å². The first-order chi connectivity index (χ1) is 30.8. The molecule has 1 saturated heterocycles. The van der Waals surface area contributed by atoms with E-state index in [1.165, 1.54) is 205 Å². The topological polar surface area (TPSA) is 152 Å². The molecule has 0 aromatic carbocycles. The van der Waals surface area contributed by atoms with Gasteiger partial charge in [0.2, 0.25) is 0 Å². The second kappa shape index (κ2) is 44.5. The molecule has 10 nitrogen and oxygen atoms in total. The highest BCUT2D eigenvalue weighted by Gasteiger charge is 2.44. The van der Waals surface area contributed by atoms with E-state index in [0.717, 1.165) is 32.1 Å². The summed E-state index contributed by atoms with van der Waals surface area (Å²) in [6, 6.07) is 0. The van der Waals surface area contributed by atoms with Crippen LogP contribution >= 0.6 is 0 Å². The Morgan fingerprint density at radius 1 is 0.429 bits per heavy atom. The molecule has 0 aromatic rings. The maximum absolute atomic E-state index is 12.8. The van der Waals surface area contributed by atoms with Gasteiger partial charge in [-0.15, -0.1) is 0 Å². The van der Waals surface area contributed by atoms with Gasteiger partial charge >= 0.3 is 11.9 Å². The smallest absolute Gasteiger partial charge is 0.306 e. The number of aliphatic hydroxyl groups excluding tert-OH is 4. The Morgan fingerprint density at radius 2 is 0.746 bits per heavy atom. The fraction of sp³-hybridized carbons (Fsp3) is 0.962. The van der Waals surface area contributed by atoms with E-state index in [1.807, 2.05) is 0 Å². The maximum atomic E-state index is 12.8. The molecule has 1 rings (SSSR count). The molecule has 1 aliphatic rings. The average molecular weight is 899 g/mol. The van der Waals surface area contributed by atoms with E-state index in [2.05, 4.69) is 13.8 Å². The van der Waals surface area contributed by atoms with Crippen molar-refractivity contribution in [2.45, 2.75) is 307 Å². The Labute approximate surface area is 387 Å². The van der Waals surface area contributed by atoms with Gasteiger partial charge in [0, 0.05) is 12.8 Å². The van der Waals surface area contributed by atoms with Crippen LogP contribution in [0.3, 0.4) is 0 Å². The lowest BCUT2D eigenvalue weighted by atomic mass is 9.99. The first kappa shape index (κ1) is 59.7. The van der Waals surface area contributed by atoms with Crippen molar-refractivity contribution >= 4 is 11.9 Å². The molecular weight excluding hydrogens is 797 g/mol. The SMILES string of the molecule is CCCCCCCCCCCCCCCCCCCCCCCCC(=O)O[C@H](COC(=O)CCCCCCCCCCCCCCCCCC)CO[C@@H]1O[C@H](CO)[C@H](O)C(O)C1O. The summed E-state index contributed by atoms with van der Waals surface area (Å²) >= 11 is 0. The Balaban J connectivity index is 2.21. The minimum atomic E-state index is -1.59. The molecule has 0 spiro atoms. The van der Waals surface area contributed by atoms with Crippen molar-refractivity contribution in [3.63, 3.8) is 0 Å². The zero-order valence-electron chi connectivity index (χ0n) is 41.1. The van der Waals surface area contributed by atoms with Gasteiger partial charge in [-0.25, -0.2) is 0 Å². The number of carbonyl (C=O) groups excluding carboxylic acids is 2. The standard InChI is InChI=1S/C53H102O10/c1-3-5-7-9-11-13-15-17-19-21-22-23-24-25-26-28-30-32-34-36-38-40-42-49(56)62-46(45-61-53-52(59)51(58)50(57)47(43-54)63-53)44-60-48(55)41-39-37-35-33-31-29-27-20-18-16-14-12-10-8-6-4-2/h46-47,50-54,57-59H,3-45H2,1-2H3/t46-,47-,50+,51?,52?,53-/m1/s1. The highest BCUT2D eigenvalue weighted by atomic mass is 16.7. The fourth-order valence-electron chi connectivity index (χ4n) is 8.72. The Bertz CT molecular complexity index is 995. The van der Waals surface area contributed by atoms with Gasteiger partial charge in [0.15, 0.2) is 12.4 Å². The van der Waals surface area contributed by atoms with Crippen molar-refractivity contribution in [1.29, 1.82) is 0 Å². The first-order valence-corrected chi connectivity index (χ1v) is 27.1. The second-order valence-electron chi connectivity index (χ2n) is 19.1. The van der Waals surface area contributed by atoms with Crippen LogP contribution in [0.5, 0.6) is 0 Å². The molecule has 0 saturated carbocycles. The van der Waals surface area contributed by atoms with Gasteiger partial charge in [0.25, 0.3) is 0 Å². The summed E-state index contributed by atoms with van der Waals surface area (Å²) in [5, 5.41) is 40.2. The van der Waals surface area contributed by atoms with Gasteiger partial charge in [0.05, 0.1) is 13.2 Å². The van der Waals surface area contributed by atoms with Gasteiger partial charge in [-0.2, -0.15) is 0 Å². The number of carbonyl (C=O) groups is 2. The van der Waals surface area contributed by atoms with Crippen molar-refractivity contribution in [3.8, 4) is 0 Å². The van der Waals surface area contributed by atoms with E-state index in [9.17, 15) is 30.0 Å². The number of unbranched alkanes of at least 4 members (excludes halogenated alkanes) is 36. The van der Waals surface area contributed by atoms with E-state index < -0.39 is 49.4 Å². The summed E-state index contributed by atoms with van der Waals surface area (Å²) in [6.07, 6.45) is 41.1. The Hall–Kier alpha value is -1.30. The summed E-state index contributed by atoms with van der Waals surface area (Å²) in [5.41, 5.74) is 0. The number of hydrogen-bond acceptors (Lipinski definition) is 10. The van der Waals surface area contributed by atoms with Crippen LogP contribution in [0.2, 0.25) is 0 Å². The van der Waals surface area contributed by atoms with Gasteiger partial charge in [-0.1, -0.05) is 245 Å². The minimum Gasteiger partial charge on any atom is -0.462 e. The lowest BCUT2D eigenvalue weighted by molar-refractivity contribution is -0.305. The molecular formula is C53H102O10. The molecule has 0 radical (unpaired) electrons. The van der Waals surface area contributed by atoms with E-state index in [0.29, 0.717) is 6.42 Å². The highest BCUT2D eigenvalue weighted by Crippen LogP contribution is 2.23. The van der Waals surface area contributed by atoms with Gasteiger partial charge in [-0.05, 0) is 12.8 Å². The molecule has 2 unspecified atom stereocenters. The summed E-state index contributed by atoms with van der Waals surface area (Å²) in [5.74, 6) is -0.784. The van der Waals surface area contributed by atoms with Crippen LogP contribution in [0.25, 0.3) is 0 Å². The van der Waals surface area contributed by atoms with Crippen LogP contribution in [0.1, 0.15) is 271 Å². The van der Waals surface area contributed by atoms with Crippen LogP contribution < -0.4 is 0 Å². The first-order valence-electron chi connectivity index (χ1n) is 27.1. The number of hydrogen-bond donors (Lipinski definition) is 4. The van der Waals surface area contributed by atoms with Crippen LogP contribution in [0.15, 0.2) is 0 Å². The van der Waals surface area contributed by atoms with Crippen LogP contribution in [-0.2, 0) is 28.5 Å². The molecule has 374 valence electrons. The number of esters is 2. The summed E-state index contributed by atoms with van der Waals surface area (Å²) in [7, 11) is 0. The largest absolute Gasteiger partial charge is 0.462 e. The quantitative estimate of drug-likeness (QED) is 0.0343. The third kappa shape index (κ3) is 35.6. The maximum Gasteiger partial charge on any atom is 0.306 e. The van der Waals surface area contributed by atoms with Crippen molar-refractivity contribution < 1.29 is 49.0 Å². The molecule has 1 heterocycles. The zero-order chi connectivity index (χ0) is 45.9. The Morgan fingerprint density at radius 3 is 1.08 bits per heavy atom. The molecule has 0 bridgehead atoms. The highest BCUT2D eigenvalue weighted by molar-refractivity contribution is 5.70. The van der Waals surface area contributed by atoms with Crippen molar-refractivity contribution in [1.82, 2.24) is 0 Å². The monoisotopic (exact) mass is 899 g/mol. The van der Waals surface area contributed by atoms with E-state index in [1.54, 1.807) is 0 Å². The Kier molecular flexibility index (Phi) is 42.2. The zero-order valence-corrected chi connectivity index (χ0v) is 41.1. The van der Waals surface area contributed by atoms with Crippen molar-refractivity contribution in [2.24, 2.45) is 0 Å². The fourth-order valence-corrected chi connectivity index (χ4v) is 8.72. The van der Waals surface area contributed by atoms with Crippen LogP contribution in [0, 0.1) is 0 Å². The van der Waals surface area contributed by atoms with Gasteiger partial charge in [0.1, 0.15) is 31.0 Å². The average Bonchev–Trinajstić information content (AvgIpc) is 3.28. The van der Waals surface area contributed by atoms with E-state index >= 15 is 0 Å². The normalized spacial score (nSPS) is 19.4. The number of rotatable bonds is 47. The molecule has 10 heteroatoms. The molecule has 0 aliphatic carbocycles. The molecule has 4 N–H and O–H groups in total. The summed E-state index contributed by atoms with van der Waals surface area (Å²) in [6.45, 7) is 3.49. The molecule has 0 amide bonds.